The average molecular weight is 276 g/mol. The normalized spacial score (nSPS) is 25.4. The molecule has 6 heteroatoms. The van der Waals surface area contributed by atoms with Gasteiger partial charge in [0, 0.05) is 12.8 Å². The number of aromatic carboxylic acids is 1. The van der Waals surface area contributed by atoms with Gasteiger partial charge in [0.15, 0.2) is 0 Å². The smallest absolute Gasteiger partial charge is 0.338 e. The van der Waals surface area contributed by atoms with E-state index in [1.165, 1.54) is 18.3 Å². The number of nitrogens with zero attached hydrogens (tertiary/aromatic N) is 1. The molecule has 6 nitrogen and oxygen atoms in total. The number of hydrogen-bond acceptors (Lipinski definition) is 4. The Balaban J connectivity index is 1.74. The van der Waals surface area contributed by atoms with Crippen LogP contribution in [0.1, 0.15) is 40.1 Å². The predicted octanol–water partition coefficient (Wildman–Crippen LogP) is 1.08. The molecule has 1 aliphatic heterocycles. The highest BCUT2D eigenvalue weighted by Gasteiger charge is 2.41. The first-order valence-electron chi connectivity index (χ1n) is 6.77. The van der Waals surface area contributed by atoms with Crippen LogP contribution in [0, 0.1) is 5.92 Å². The standard InChI is InChI=1S/C14H16N2O4/c17-13(11-9(14(18)19)2-1-6-15-11)16-10-5-7-20-12(10)8-3-4-8/h1-2,6,8,10,12H,3-5,7H2,(H,16,17)(H,18,19). The fourth-order valence-electron chi connectivity index (χ4n) is 2.65. The van der Waals surface area contributed by atoms with Crippen LogP contribution >= 0.6 is 0 Å². The molecule has 20 heavy (non-hydrogen) atoms. The molecule has 2 aliphatic rings. The quantitative estimate of drug-likeness (QED) is 0.859. The topological polar surface area (TPSA) is 88.5 Å². The Morgan fingerprint density at radius 2 is 2.15 bits per heavy atom. The van der Waals surface area contributed by atoms with Gasteiger partial charge in [0.2, 0.25) is 0 Å². The summed E-state index contributed by atoms with van der Waals surface area (Å²) in [4.78, 5) is 27.2. The molecule has 2 fully saturated rings. The summed E-state index contributed by atoms with van der Waals surface area (Å²) >= 11 is 0. The predicted molar refractivity (Wildman–Crippen MR) is 69.5 cm³/mol. The third-order valence-corrected chi connectivity index (χ3v) is 3.79. The number of rotatable bonds is 4. The summed E-state index contributed by atoms with van der Waals surface area (Å²) in [5.74, 6) is -1.06. The molecule has 1 saturated carbocycles. The molecule has 2 atom stereocenters. The van der Waals surface area contributed by atoms with Crippen LogP contribution < -0.4 is 5.32 Å². The van der Waals surface area contributed by atoms with Gasteiger partial charge >= 0.3 is 5.97 Å². The van der Waals surface area contributed by atoms with Crippen LogP contribution in [0.4, 0.5) is 0 Å². The third kappa shape index (κ3) is 2.51. The van der Waals surface area contributed by atoms with Crippen molar-refractivity contribution in [2.75, 3.05) is 6.61 Å². The minimum atomic E-state index is -1.15. The fourth-order valence-corrected chi connectivity index (χ4v) is 2.65. The fraction of sp³-hybridized carbons (Fsp3) is 0.500. The van der Waals surface area contributed by atoms with Crippen molar-refractivity contribution in [2.24, 2.45) is 5.92 Å². The molecule has 3 rings (SSSR count). The Morgan fingerprint density at radius 1 is 1.35 bits per heavy atom. The number of ether oxygens (including phenoxy) is 1. The molecule has 0 aromatic carbocycles. The minimum Gasteiger partial charge on any atom is -0.478 e. The van der Waals surface area contributed by atoms with Gasteiger partial charge in [-0.15, -0.1) is 0 Å². The van der Waals surface area contributed by atoms with E-state index >= 15 is 0 Å². The van der Waals surface area contributed by atoms with Gasteiger partial charge in [0.25, 0.3) is 5.91 Å². The molecule has 1 saturated heterocycles. The van der Waals surface area contributed by atoms with Gasteiger partial charge in [-0.25, -0.2) is 4.79 Å². The summed E-state index contributed by atoms with van der Waals surface area (Å²) < 4.78 is 5.65. The number of carboxylic acids is 1. The van der Waals surface area contributed by atoms with E-state index in [0.29, 0.717) is 12.5 Å². The molecule has 1 aromatic heterocycles. The first kappa shape index (κ1) is 13.1. The molecular weight excluding hydrogens is 260 g/mol. The maximum atomic E-state index is 12.2. The Morgan fingerprint density at radius 3 is 2.85 bits per heavy atom. The largest absolute Gasteiger partial charge is 0.478 e. The van der Waals surface area contributed by atoms with E-state index in [2.05, 4.69) is 10.3 Å². The first-order valence-corrected chi connectivity index (χ1v) is 6.77. The van der Waals surface area contributed by atoms with Crippen LogP contribution in [0.3, 0.4) is 0 Å². The number of amides is 1. The maximum absolute atomic E-state index is 12.2. The van der Waals surface area contributed by atoms with Crippen molar-refractivity contribution >= 4 is 11.9 Å². The first-order chi connectivity index (χ1) is 9.66. The molecule has 1 aromatic rings. The van der Waals surface area contributed by atoms with Crippen molar-refractivity contribution in [3.05, 3.63) is 29.6 Å². The summed E-state index contributed by atoms with van der Waals surface area (Å²) in [5.41, 5.74) is -0.117. The van der Waals surface area contributed by atoms with Crippen LogP contribution in [0.5, 0.6) is 0 Å². The van der Waals surface area contributed by atoms with E-state index in [4.69, 9.17) is 9.84 Å². The van der Waals surface area contributed by atoms with Crippen molar-refractivity contribution < 1.29 is 19.4 Å². The van der Waals surface area contributed by atoms with Gasteiger partial charge in [0.1, 0.15) is 5.69 Å². The molecule has 2 heterocycles. The number of hydrogen-bond donors (Lipinski definition) is 2. The number of pyridine rings is 1. The zero-order valence-corrected chi connectivity index (χ0v) is 10.9. The lowest BCUT2D eigenvalue weighted by atomic mass is 10.1. The Bertz CT molecular complexity index is 542. The lowest BCUT2D eigenvalue weighted by molar-refractivity contribution is 0.0680. The van der Waals surface area contributed by atoms with Gasteiger partial charge in [-0.2, -0.15) is 0 Å². The van der Waals surface area contributed by atoms with Crippen molar-refractivity contribution in [3.63, 3.8) is 0 Å². The van der Waals surface area contributed by atoms with E-state index in [-0.39, 0.29) is 23.4 Å². The summed E-state index contributed by atoms with van der Waals surface area (Å²) in [6.07, 6.45) is 4.53. The van der Waals surface area contributed by atoms with Crippen molar-refractivity contribution in [2.45, 2.75) is 31.4 Å². The van der Waals surface area contributed by atoms with E-state index in [1.54, 1.807) is 0 Å². The zero-order valence-electron chi connectivity index (χ0n) is 10.9. The maximum Gasteiger partial charge on any atom is 0.338 e. The molecule has 2 unspecified atom stereocenters. The van der Waals surface area contributed by atoms with E-state index in [1.807, 2.05) is 0 Å². The highest BCUT2D eigenvalue weighted by atomic mass is 16.5. The summed E-state index contributed by atoms with van der Waals surface area (Å²) in [6.45, 7) is 0.639. The summed E-state index contributed by atoms with van der Waals surface area (Å²) in [6, 6.07) is 2.85. The highest BCUT2D eigenvalue weighted by molar-refractivity contribution is 6.03. The van der Waals surface area contributed by atoms with Gasteiger partial charge < -0.3 is 15.2 Å². The number of aromatic nitrogens is 1. The van der Waals surface area contributed by atoms with Crippen LogP contribution in [0.2, 0.25) is 0 Å². The Kier molecular flexibility index (Phi) is 3.40. The number of nitrogens with one attached hydrogen (secondary N) is 1. The molecule has 2 N–H and O–H groups in total. The molecule has 0 bridgehead atoms. The lowest BCUT2D eigenvalue weighted by Gasteiger charge is -2.19. The van der Waals surface area contributed by atoms with Crippen molar-refractivity contribution in [1.29, 1.82) is 0 Å². The van der Waals surface area contributed by atoms with Gasteiger partial charge in [-0.05, 0) is 37.3 Å². The van der Waals surface area contributed by atoms with E-state index in [0.717, 1.165) is 19.3 Å². The molecule has 0 spiro atoms. The summed E-state index contributed by atoms with van der Waals surface area (Å²) in [7, 11) is 0. The molecule has 1 aliphatic carbocycles. The zero-order chi connectivity index (χ0) is 14.1. The monoisotopic (exact) mass is 276 g/mol. The second kappa shape index (κ2) is 5.20. The molecule has 106 valence electrons. The van der Waals surface area contributed by atoms with E-state index in [9.17, 15) is 9.59 Å². The second-order valence-corrected chi connectivity index (χ2v) is 5.25. The van der Waals surface area contributed by atoms with Crippen molar-refractivity contribution in [1.82, 2.24) is 10.3 Å². The van der Waals surface area contributed by atoms with Crippen LogP contribution in [-0.2, 0) is 4.74 Å². The van der Waals surface area contributed by atoms with Gasteiger partial charge in [0.05, 0.1) is 17.7 Å². The van der Waals surface area contributed by atoms with Gasteiger partial charge in [-0.1, -0.05) is 0 Å². The molecular formula is C14H16N2O4. The van der Waals surface area contributed by atoms with E-state index < -0.39 is 11.9 Å². The highest BCUT2D eigenvalue weighted by Crippen LogP contribution is 2.38. The Hall–Kier alpha value is -1.95. The Labute approximate surface area is 116 Å². The lowest BCUT2D eigenvalue weighted by Crippen LogP contribution is -2.42. The number of carbonyl (C=O) groups is 2. The molecule has 0 radical (unpaired) electrons. The second-order valence-electron chi connectivity index (χ2n) is 5.25. The average Bonchev–Trinajstić information content (AvgIpc) is 3.19. The van der Waals surface area contributed by atoms with Crippen molar-refractivity contribution in [3.8, 4) is 0 Å². The SMILES string of the molecule is O=C(O)c1cccnc1C(=O)NC1CCOC1C1CC1. The third-order valence-electron chi connectivity index (χ3n) is 3.79. The van der Waals surface area contributed by atoms with Crippen LogP contribution in [0.15, 0.2) is 18.3 Å². The van der Waals surface area contributed by atoms with Crippen LogP contribution in [-0.4, -0.2) is 40.7 Å². The number of carbonyl (C=O) groups excluding carboxylic acids is 1. The molecule has 1 amide bonds. The van der Waals surface area contributed by atoms with Gasteiger partial charge in [-0.3, -0.25) is 9.78 Å². The summed E-state index contributed by atoms with van der Waals surface area (Å²) in [5, 5.41) is 12.0. The number of carboxylic acid groups (broad SMARTS) is 1. The van der Waals surface area contributed by atoms with Crippen LogP contribution in [0.25, 0.3) is 0 Å². The minimum absolute atomic E-state index is 0.0403.